The maximum atomic E-state index is 13.8. The smallest absolute Gasteiger partial charge is 0.287 e. The third-order valence-corrected chi connectivity index (χ3v) is 5.64. The van der Waals surface area contributed by atoms with Crippen LogP contribution in [0.4, 0.5) is 13.2 Å². The number of carbonyl (C=O) groups excluding carboxylic acids is 1. The highest BCUT2D eigenvalue weighted by atomic mass is 35.5. The molecule has 3 rings (SSSR count). The maximum Gasteiger partial charge on any atom is 0.287 e. The van der Waals surface area contributed by atoms with Gasteiger partial charge in [0.1, 0.15) is 23.2 Å². The van der Waals surface area contributed by atoms with Crippen molar-refractivity contribution in [3.05, 3.63) is 64.2 Å². The lowest BCUT2D eigenvalue weighted by Gasteiger charge is -2.09. The van der Waals surface area contributed by atoms with E-state index in [9.17, 15) is 26.4 Å². The van der Waals surface area contributed by atoms with Crippen molar-refractivity contribution in [1.29, 1.82) is 0 Å². The lowest BCUT2D eigenvalue weighted by molar-refractivity contribution is 0.0976. The molecule has 158 valence electrons. The number of sulfonamides is 1. The fourth-order valence-electron chi connectivity index (χ4n) is 2.56. The summed E-state index contributed by atoms with van der Waals surface area (Å²) in [4.78, 5) is 10.9. The van der Waals surface area contributed by atoms with Gasteiger partial charge in [-0.05, 0) is 19.1 Å². The van der Waals surface area contributed by atoms with Crippen molar-refractivity contribution < 1.29 is 31.1 Å². The van der Waals surface area contributed by atoms with E-state index in [1.54, 1.807) is 6.07 Å². The number of hydrogen-bond donors (Lipinski definition) is 1. The van der Waals surface area contributed by atoms with Crippen LogP contribution in [0.2, 0.25) is 5.02 Å². The van der Waals surface area contributed by atoms with Crippen LogP contribution in [0.5, 0.6) is 5.75 Å². The number of ether oxygens (including phenoxy) is 1. The standard InChI is InChI=1S/C17H12ClF3N4O4S/c1-8-15(22-24-25(8)14-4-3-10(29-2)7-11(14)18)17(26)23-30(27,28)16-12(20)5-9(19)6-13(16)21/h3-7H,1-2H3,(H,23,26). The molecule has 0 bridgehead atoms. The van der Waals surface area contributed by atoms with Gasteiger partial charge in [0.2, 0.25) is 0 Å². The molecule has 0 spiro atoms. The number of nitrogens with zero attached hydrogens (tertiary/aromatic N) is 3. The molecule has 0 aliphatic carbocycles. The Morgan fingerprint density at radius 2 is 1.80 bits per heavy atom. The highest BCUT2D eigenvalue weighted by Gasteiger charge is 2.29. The molecule has 0 aliphatic heterocycles. The molecule has 8 nitrogen and oxygen atoms in total. The second-order valence-electron chi connectivity index (χ2n) is 5.89. The number of aromatic nitrogens is 3. The molecule has 0 atom stereocenters. The zero-order valence-corrected chi connectivity index (χ0v) is 16.9. The van der Waals surface area contributed by atoms with Crippen molar-refractivity contribution in [1.82, 2.24) is 19.7 Å². The minimum atomic E-state index is -5.01. The molecule has 1 N–H and O–H groups in total. The van der Waals surface area contributed by atoms with Gasteiger partial charge in [-0.3, -0.25) is 4.79 Å². The molecule has 1 amide bonds. The Kier molecular flexibility index (Phi) is 5.72. The molecule has 0 aliphatic rings. The maximum absolute atomic E-state index is 13.8. The summed E-state index contributed by atoms with van der Waals surface area (Å²) in [5, 5.41) is 7.58. The second kappa shape index (κ2) is 7.95. The van der Waals surface area contributed by atoms with Crippen molar-refractivity contribution >= 4 is 27.5 Å². The number of amides is 1. The lowest BCUT2D eigenvalue weighted by Crippen LogP contribution is -2.32. The van der Waals surface area contributed by atoms with Crippen molar-refractivity contribution in [3.63, 3.8) is 0 Å². The van der Waals surface area contributed by atoms with Crippen LogP contribution in [0, 0.1) is 24.4 Å². The average Bonchev–Trinajstić information content (AvgIpc) is 3.01. The largest absolute Gasteiger partial charge is 0.497 e. The summed E-state index contributed by atoms with van der Waals surface area (Å²) in [6, 6.07) is 4.95. The van der Waals surface area contributed by atoms with Gasteiger partial charge in [-0.1, -0.05) is 16.8 Å². The Morgan fingerprint density at radius 1 is 1.17 bits per heavy atom. The fraction of sp³-hybridized carbons (Fsp3) is 0.118. The summed E-state index contributed by atoms with van der Waals surface area (Å²) in [5.74, 6) is -5.54. The lowest BCUT2D eigenvalue weighted by atomic mass is 10.2. The van der Waals surface area contributed by atoms with Crippen molar-refractivity contribution in [2.45, 2.75) is 11.8 Å². The third kappa shape index (κ3) is 3.96. The number of rotatable bonds is 5. The van der Waals surface area contributed by atoms with Crippen LogP contribution in [0.3, 0.4) is 0 Å². The quantitative estimate of drug-likeness (QED) is 0.628. The van der Waals surface area contributed by atoms with E-state index in [2.05, 4.69) is 10.3 Å². The normalized spacial score (nSPS) is 11.4. The fourth-order valence-corrected chi connectivity index (χ4v) is 3.89. The van der Waals surface area contributed by atoms with E-state index in [4.69, 9.17) is 16.3 Å². The van der Waals surface area contributed by atoms with Crippen LogP contribution in [0.1, 0.15) is 16.2 Å². The van der Waals surface area contributed by atoms with Crippen LogP contribution in [0.15, 0.2) is 35.2 Å². The minimum absolute atomic E-state index is 0.0924. The minimum Gasteiger partial charge on any atom is -0.497 e. The van der Waals surface area contributed by atoms with Gasteiger partial charge in [0.15, 0.2) is 10.6 Å². The van der Waals surface area contributed by atoms with Gasteiger partial charge < -0.3 is 4.74 Å². The van der Waals surface area contributed by atoms with E-state index in [1.165, 1.54) is 35.6 Å². The highest BCUT2D eigenvalue weighted by molar-refractivity contribution is 7.90. The Labute approximate surface area is 173 Å². The Bertz CT molecular complexity index is 1240. The first-order chi connectivity index (χ1) is 14.0. The molecular weight excluding hydrogens is 449 g/mol. The Morgan fingerprint density at radius 3 is 2.37 bits per heavy atom. The molecule has 0 saturated carbocycles. The van der Waals surface area contributed by atoms with Crippen molar-refractivity contribution in [2.24, 2.45) is 0 Å². The molecule has 2 aromatic carbocycles. The SMILES string of the molecule is COc1ccc(-n2nnc(C(=O)NS(=O)(=O)c3c(F)cc(F)cc3F)c2C)c(Cl)c1. The number of nitrogens with one attached hydrogen (secondary N) is 1. The summed E-state index contributed by atoms with van der Waals surface area (Å²) < 4.78 is 72.8. The van der Waals surface area contributed by atoms with Crippen molar-refractivity contribution in [3.8, 4) is 11.4 Å². The number of halogens is 4. The van der Waals surface area contributed by atoms with E-state index in [1.807, 2.05) is 0 Å². The highest BCUT2D eigenvalue weighted by Crippen LogP contribution is 2.26. The van der Waals surface area contributed by atoms with E-state index in [-0.39, 0.29) is 22.8 Å². The van der Waals surface area contributed by atoms with E-state index < -0.39 is 44.0 Å². The van der Waals surface area contributed by atoms with Crippen LogP contribution in [-0.4, -0.2) is 36.4 Å². The van der Waals surface area contributed by atoms with Gasteiger partial charge >= 0.3 is 0 Å². The van der Waals surface area contributed by atoms with Crippen LogP contribution >= 0.6 is 11.6 Å². The predicted molar refractivity (Wildman–Crippen MR) is 98.6 cm³/mol. The van der Waals surface area contributed by atoms with Gasteiger partial charge in [0.25, 0.3) is 15.9 Å². The molecule has 0 fully saturated rings. The molecule has 0 unspecified atom stereocenters. The zero-order chi connectivity index (χ0) is 22.2. The monoisotopic (exact) mass is 460 g/mol. The molecule has 1 aromatic heterocycles. The van der Waals surface area contributed by atoms with Crippen LogP contribution in [-0.2, 0) is 10.0 Å². The summed E-state index contributed by atoms with van der Waals surface area (Å²) in [5.41, 5.74) is -0.0248. The van der Waals surface area contributed by atoms with Gasteiger partial charge in [0.05, 0.1) is 23.5 Å². The Balaban J connectivity index is 1.94. The first-order valence-corrected chi connectivity index (χ1v) is 9.89. The van der Waals surface area contributed by atoms with E-state index in [0.717, 1.165) is 0 Å². The first kappa shape index (κ1) is 21.6. The predicted octanol–water partition coefficient (Wildman–Crippen LogP) is 2.77. The molecule has 0 radical (unpaired) electrons. The number of benzene rings is 2. The van der Waals surface area contributed by atoms with Gasteiger partial charge in [-0.15, -0.1) is 5.10 Å². The van der Waals surface area contributed by atoms with Gasteiger partial charge in [-0.25, -0.2) is 31.0 Å². The molecule has 0 saturated heterocycles. The van der Waals surface area contributed by atoms with Crippen LogP contribution < -0.4 is 9.46 Å². The topological polar surface area (TPSA) is 103 Å². The summed E-state index contributed by atoms with van der Waals surface area (Å²) in [6.45, 7) is 1.40. The summed E-state index contributed by atoms with van der Waals surface area (Å²) >= 11 is 6.16. The Hall–Kier alpha value is -3.12. The van der Waals surface area contributed by atoms with Gasteiger partial charge in [0, 0.05) is 18.2 Å². The molecule has 30 heavy (non-hydrogen) atoms. The average molecular weight is 461 g/mol. The van der Waals surface area contributed by atoms with Gasteiger partial charge in [-0.2, -0.15) is 0 Å². The number of methoxy groups -OCH3 is 1. The molecule has 3 aromatic rings. The van der Waals surface area contributed by atoms with Crippen LogP contribution in [0.25, 0.3) is 5.69 Å². The molecule has 1 heterocycles. The zero-order valence-electron chi connectivity index (χ0n) is 15.3. The molecular formula is C17H12ClF3N4O4S. The van der Waals surface area contributed by atoms with E-state index in [0.29, 0.717) is 11.4 Å². The molecule has 13 heteroatoms. The van der Waals surface area contributed by atoms with Crippen molar-refractivity contribution in [2.75, 3.05) is 7.11 Å². The second-order valence-corrected chi connectivity index (χ2v) is 7.91. The first-order valence-electron chi connectivity index (χ1n) is 8.03. The third-order valence-electron chi connectivity index (χ3n) is 3.95. The number of hydrogen-bond acceptors (Lipinski definition) is 6. The summed E-state index contributed by atoms with van der Waals surface area (Å²) in [7, 11) is -3.56. The summed E-state index contributed by atoms with van der Waals surface area (Å²) in [6.07, 6.45) is 0. The number of carbonyl (C=O) groups is 1. The van der Waals surface area contributed by atoms with E-state index >= 15 is 0 Å².